The standard InChI is InChI=1S/C13H25N3O5S2/c1-2-3-5-12(16-7-4-10-23(16,20)21)13(17)15-8-6-14-22(18,19)11-9-15/h12,14H,2-11H2,1H3. The van der Waals surface area contributed by atoms with Gasteiger partial charge in [0.1, 0.15) is 6.04 Å². The van der Waals surface area contributed by atoms with Gasteiger partial charge in [0.25, 0.3) is 0 Å². The Kier molecular flexibility index (Phi) is 6.04. The first-order valence-electron chi connectivity index (χ1n) is 8.02. The van der Waals surface area contributed by atoms with Crippen molar-refractivity contribution in [1.82, 2.24) is 13.9 Å². The molecule has 23 heavy (non-hydrogen) atoms. The second-order valence-electron chi connectivity index (χ2n) is 5.98. The summed E-state index contributed by atoms with van der Waals surface area (Å²) in [6.45, 7) is 2.90. The zero-order valence-electron chi connectivity index (χ0n) is 13.4. The van der Waals surface area contributed by atoms with E-state index in [1.54, 1.807) is 0 Å². The highest BCUT2D eigenvalue weighted by atomic mass is 32.2. The van der Waals surface area contributed by atoms with Crippen LogP contribution in [0.4, 0.5) is 0 Å². The third-order valence-corrected chi connectivity index (χ3v) is 7.57. The van der Waals surface area contributed by atoms with E-state index >= 15 is 0 Å². The first-order chi connectivity index (χ1) is 10.8. The van der Waals surface area contributed by atoms with Crippen LogP contribution in [-0.4, -0.2) is 75.7 Å². The maximum Gasteiger partial charge on any atom is 0.241 e. The highest BCUT2D eigenvalue weighted by Gasteiger charge is 2.39. The molecule has 0 bridgehead atoms. The maximum absolute atomic E-state index is 12.8. The summed E-state index contributed by atoms with van der Waals surface area (Å²) >= 11 is 0. The first kappa shape index (κ1) is 18.6. The predicted molar refractivity (Wildman–Crippen MR) is 86.8 cm³/mol. The van der Waals surface area contributed by atoms with Crippen molar-refractivity contribution in [2.24, 2.45) is 0 Å². The molecule has 0 aliphatic carbocycles. The van der Waals surface area contributed by atoms with Crippen LogP contribution >= 0.6 is 0 Å². The number of amides is 1. The van der Waals surface area contributed by atoms with Gasteiger partial charge in [0.2, 0.25) is 26.0 Å². The topological polar surface area (TPSA) is 104 Å². The average Bonchev–Trinajstić information content (AvgIpc) is 2.71. The predicted octanol–water partition coefficient (Wildman–Crippen LogP) is -0.658. The number of hydrogen-bond acceptors (Lipinski definition) is 5. The number of nitrogens with one attached hydrogen (secondary N) is 1. The summed E-state index contributed by atoms with van der Waals surface area (Å²) in [6.07, 6.45) is 2.64. The Morgan fingerprint density at radius 3 is 2.48 bits per heavy atom. The minimum Gasteiger partial charge on any atom is -0.339 e. The molecule has 0 saturated carbocycles. The lowest BCUT2D eigenvalue weighted by Crippen LogP contribution is -2.50. The van der Waals surface area contributed by atoms with E-state index in [-0.39, 0.29) is 37.0 Å². The van der Waals surface area contributed by atoms with Crippen LogP contribution in [0.15, 0.2) is 0 Å². The van der Waals surface area contributed by atoms with Crippen LogP contribution in [0.25, 0.3) is 0 Å². The summed E-state index contributed by atoms with van der Waals surface area (Å²) in [6, 6.07) is -0.705. The Hall–Kier alpha value is -0.710. The van der Waals surface area contributed by atoms with E-state index in [2.05, 4.69) is 4.72 Å². The number of carbonyl (C=O) groups excluding carboxylic acids is 1. The van der Waals surface area contributed by atoms with E-state index in [4.69, 9.17) is 0 Å². The minimum absolute atomic E-state index is 0.0822. The molecule has 1 atom stereocenters. The average molecular weight is 367 g/mol. The van der Waals surface area contributed by atoms with Gasteiger partial charge >= 0.3 is 0 Å². The van der Waals surface area contributed by atoms with Gasteiger partial charge in [-0.1, -0.05) is 19.8 Å². The molecule has 8 nitrogen and oxygen atoms in total. The fourth-order valence-corrected chi connectivity index (χ4v) is 5.70. The molecule has 2 aliphatic heterocycles. The number of nitrogens with zero attached hydrogens (tertiary/aromatic N) is 2. The summed E-state index contributed by atoms with van der Waals surface area (Å²) < 4.78 is 51.2. The van der Waals surface area contributed by atoms with Gasteiger partial charge in [-0.3, -0.25) is 4.79 Å². The summed E-state index contributed by atoms with van der Waals surface area (Å²) in [5.74, 6) is -0.340. The molecular formula is C13H25N3O5S2. The van der Waals surface area contributed by atoms with Gasteiger partial charge in [0, 0.05) is 26.2 Å². The van der Waals surface area contributed by atoms with E-state index < -0.39 is 26.1 Å². The lowest BCUT2D eigenvalue weighted by molar-refractivity contribution is -0.135. The number of rotatable bonds is 5. The maximum atomic E-state index is 12.8. The van der Waals surface area contributed by atoms with Gasteiger partial charge in [-0.05, 0) is 12.8 Å². The van der Waals surface area contributed by atoms with Crippen LogP contribution in [0.2, 0.25) is 0 Å². The van der Waals surface area contributed by atoms with Gasteiger partial charge in [0.05, 0.1) is 11.5 Å². The van der Waals surface area contributed by atoms with Crippen molar-refractivity contribution in [3.63, 3.8) is 0 Å². The smallest absolute Gasteiger partial charge is 0.241 e. The molecule has 0 aromatic heterocycles. The molecule has 0 aromatic carbocycles. The van der Waals surface area contributed by atoms with Gasteiger partial charge in [-0.2, -0.15) is 4.31 Å². The molecule has 0 radical (unpaired) electrons. The van der Waals surface area contributed by atoms with Crippen LogP contribution in [-0.2, 0) is 24.8 Å². The molecule has 2 rings (SSSR count). The highest BCUT2D eigenvalue weighted by Crippen LogP contribution is 2.22. The fourth-order valence-electron chi connectivity index (χ4n) is 2.98. The Bertz CT molecular complexity index is 632. The summed E-state index contributed by atoms with van der Waals surface area (Å²) in [4.78, 5) is 14.3. The Morgan fingerprint density at radius 1 is 1.13 bits per heavy atom. The van der Waals surface area contributed by atoms with Gasteiger partial charge in [-0.25, -0.2) is 21.6 Å². The van der Waals surface area contributed by atoms with Crippen LogP contribution in [0, 0.1) is 0 Å². The Labute approximate surface area is 138 Å². The highest BCUT2D eigenvalue weighted by molar-refractivity contribution is 7.89. The van der Waals surface area contributed by atoms with Crippen molar-refractivity contribution in [2.45, 2.75) is 38.6 Å². The molecule has 134 valence electrons. The minimum atomic E-state index is -3.38. The normalized spacial score (nSPS) is 25.9. The third-order valence-electron chi connectivity index (χ3n) is 4.25. The molecule has 10 heteroatoms. The van der Waals surface area contributed by atoms with E-state index in [1.165, 1.54) is 9.21 Å². The zero-order valence-corrected chi connectivity index (χ0v) is 15.0. The number of unbranched alkanes of at least 4 members (excludes halogenated alkanes) is 1. The quantitative estimate of drug-likeness (QED) is 0.695. The van der Waals surface area contributed by atoms with Crippen LogP contribution in [0.3, 0.4) is 0 Å². The van der Waals surface area contributed by atoms with E-state index in [9.17, 15) is 21.6 Å². The monoisotopic (exact) mass is 367 g/mol. The SMILES string of the molecule is CCCCC(C(=O)N1CCNS(=O)(=O)CC1)N1CCCS1(=O)=O. The lowest BCUT2D eigenvalue weighted by atomic mass is 10.1. The molecule has 2 saturated heterocycles. The molecule has 2 aliphatic rings. The van der Waals surface area contributed by atoms with Gasteiger partial charge < -0.3 is 4.90 Å². The number of carbonyl (C=O) groups is 1. The molecule has 0 aromatic rings. The second-order valence-corrected chi connectivity index (χ2v) is 9.94. The molecule has 1 amide bonds. The molecular weight excluding hydrogens is 342 g/mol. The molecule has 1 N–H and O–H groups in total. The largest absolute Gasteiger partial charge is 0.339 e. The Balaban J connectivity index is 2.16. The zero-order chi connectivity index (χ0) is 17.1. The van der Waals surface area contributed by atoms with Crippen molar-refractivity contribution in [2.75, 3.05) is 37.7 Å². The molecule has 2 heterocycles. The first-order valence-corrected chi connectivity index (χ1v) is 11.3. The van der Waals surface area contributed by atoms with Gasteiger partial charge in [-0.15, -0.1) is 0 Å². The van der Waals surface area contributed by atoms with E-state index in [0.717, 1.165) is 12.8 Å². The van der Waals surface area contributed by atoms with E-state index in [1.807, 2.05) is 6.92 Å². The summed E-state index contributed by atoms with van der Waals surface area (Å²) in [7, 11) is -6.73. The Morgan fingerprint density at radius 2 is 1.87 bits per heavy atom. The third kappa shape index (κ3) is 4.65. The second kappa shape index (κ2) is 7.45. The summed E-state index contributed by atoms with van der Waals surface area (Å²) in [5.41, 5.74) is 0. The number of sulfonamides is 2. The number of hydrogen-bond donors (Lipinski definition) is 1. The lowest BCUT2D eigenvalue weighted by Gasteiger charge is -2.30. The van der Waals surface area contributed by atoms with Crippen molar-refractivity contribution in [1.29, 1.82) is 0 Å². The van der Waals surface area contributed by atoms with Crippen molar-refractivity contribution in [3.05, 3.63) is 0 Å². The van der Waals surface area contributed by atoms with Crippen molar-refractivity contribution in [3.8, 4) is 0 Å². The van der Waals surface area contributed by atoms with Crippen LogP contribution < -0.4 is 4.72 Å². The van der Waals surface area contributed by atoms with Crippen LogP contribution in [0.1, 0.15) is 32.6 Å². The molecule has 2 fully saturated rings. The fraction of sp³-hybridized carbons (Fsp3) is 0.923. The molecule has 0 spiro atoms. The summed E-state index contributed by atoms with van der Waals surface area (Å²) in [5, 5.41) is 0. The van der Waals surface area contributed by atoms with Crippen molar-refractivity contribution < 1.29 is 21.6 Å². The van der Waals surface area contributed by atoms with Crippen LogP contribution in [0.5, 0.6) is 0 Å². The van der Waals surface area contributed by atoms with E-state index in [0.29, 0.717) is 19.4 Å². The van der Waals surface area contributed by atoms with Gasteiger partial charge in [0.15, 0.2) is 0 Å². The van der Waals surface area contributed by atoms with Crippen molar-refractivity contribution >= 4 is 26.0 Å². The molecule has 1 unspecified atom stereocenters.